The van der Waals surface area contributed by atoms with Crippen molar-refractivity contribution < 1.29 is 31.9 Å². The summed E-state index contributed by atoms with van der Waals surface area (Å²) in [5.41, 5.74) is -3.51. The molecule has 1 atom stereocenters. The maximum Gasteiger partial charge on any atom is 0.401 e. The highest BCUT2D eigenvalue weighted by Crippen LogP contribution is 2.49. The van der Waals surface area contributed by atoms with Gasteiger partial charge in [0.05, 0.1) is 10.6 Å². The first kappa shape index (κ1) is 18.3. The number of aromatic nitrogens is 1. The summed E-state index contributed by atoms with van der Waals surface area (Å²) in [5, 5.41) is 18.1. The lowest BCUT2D eigenvalue weighted by Crippen LogP contribution is -2.45. The third-order valence-electron chi connectivity index (χ3n) is 4.43. The average Bonchev–Trinajstić information content (AvgIpc) is 2.99. The minimum Gasteiger partial charge on any atom is -0.503 e. The first-order valence-electron chi connectivity index (χ1n) is 7.24. The van der Waals surface area contributed by atoms with Gasteiger partial charge in [-0.15, -0.1) is 11.3 Å². The molecule has 1 aromatic heterocycles. The largest absolute Gasteiger partial charge is 0.503 e. The van der Waals surface area contributed by atoms with Crippen LogP contribution in [0.1, 0.15) is 34.3 Å². The van der Waals surface area contributed by atoms with Gasteiger partial charge in [-0.1, -0.05) is 0 Å². The van der Waals surface area contributed by atoms with Crippen LogP contribution in [0, 0.1) is 28.4 Å². The number of Topliss-reactive ketones (excluding diaryl/α,β-unsaturated/α-hetero) is 1. The number of phenols is 1. The molecule has 1 aliphatic carbocycles. The number of alkyl halides is 3. The number of phenolic OH excluding ortho intramolecular Hbond substituents is 1. The monoisotopic (exact) mass is 388 g/mol. The fraction of sp³-hybridized carbons (Fsp3) is 0.312. The topological polar surface area (TPSA) is 74.0 Å². The fourth-order valence-corrected chi connectivity index (χ4v) is 3.91. The SMILES string of the molecule is C[C@@]1(C(F)(F)F)CCc2nc(-c3cc(F)c(O)c(F)c3C#N)sc2C1=O. The molecule has 2 aromatic rings. The first-order chi connectivity index (χ1) is 12.0. The van der Waals surface area contributed by atoms with Gasteiger partial charge in [0.15, 0.2) is 23.2 Å². The van der Waals surface area contributed by atoms with Gasteiger partial charge in [-0.2, -0.15) is 18.4 Å². The van der Waals surface area contributed by atoms with Gasteiger partial charge in [0.2, 0.25) is 0 Å². The van der Waals surface area contributed by atoms with Gasteiger partial charge in [0.1, 0.15) is 22.1 Å². The van der Waals surface area contributed by atoms with Gasteiger partial charge in [0.25, 0.3) is 0 Å². The Kier molecular flexibility index (Phi) is 4.03. The molecule has 1 N–H and O–H groups in total. The summed E-state index contributed by atoms with van der Waals surface area (Å²) < 4.78 is 67.3. The zero-order chi connectivity index (χ0) is 19.4. The maximum atomic E-state index is 13.9. The number of carbonyl (C=O) groups excluding carboxylic acids is 1. The van der Waals surface area contributed by atoms with Gasteiger partial charge in [-0.05, 0) is 25.8 Å². The van der Waals surface area contributed by atoms with Crippen molar-refractivity contribution in [2.24, 2.45) is 5.41 Å². The van der Waals surface area contributed by atoms with Crippen molar-refractivity contribution in [2.75, 3.05) is 0 Å². The summed E-state index contributed by atoms with van der Waals surface area (Å²) in [5.74, 6) is -5.35. The second kappa shape index (κ2) is 5.74. The number of aryl methyl sites for hydroxylation is 1. The Hall–Kier alpha value is -2.54. The van der Waals surface area contributed by atoms with E-state index in [1.54, 1.807) is 0 Å². The number of aromatic hydroxyl groups is 1. The minimum absolute atomic E-state index is 0.0921. The number of ketones is 1. The highest BCUT2D eigenvalue weighted by atomic mass is 32.1. The summed E-state index contributed by atoms with van der Waals surface area (Å²) in [6.45, 7) is 0.804. The number of hydrogen-bond acceptors (Lipinski definition) is 5. The summed E-state index contributed by atoms with van der Waals surface area (Å²) >= 11 is 0.541. The third kappa shape index (κ3) is 2.46. The molecular weight excluding hydrogens is 379 g/mol. The molecule has 4 nitrogen and oxygen atoms in total. The molecule has 0 unspecified atom stereocenters. The van der Waals surface area contributed by atoms with Crippen LogP contribution in [0.3, 0.4) is 0 Å². The maximum absolute atomic E-state index is 13.9. The zero-order valence-electron chi connectivity index (χ0n) is 13.0. The van der Waals surface area contributed by atoms with E-state index in [4.69, 9.17) is 5.26 Å². The van der Waals surface area contributed by atoms with Gasteiger partial charge in [-0.3, -0.25) is 4.79 Å². The van der Waals surface area contributed by atoms with Crippen molar-refractivity contribution in [2.45, 2.75) is 25.9 Å². The van der Waals surface area contributed by atoms with Crippen LogP contribution >= 0.6 is 11.3 Å². The summed E-state index contributed by atoms with van der Waals surface area (Å²) in [6.07, 6.45) is -5.38. The average molecular weight is 388 g/mol. The molecule has 0 bridgehead atoms. The minimum atomic E-state index is -4.75. The van der Waals surface area contributed by atoms with E-state index >= 15 is 0 Å². The second-order valence-electron chi connectivity index (χ2n) is 6.01. The van der Waals surface area contributed by atoms with Crippen LogP contribution in [0.4, 0.5) is 22.0 Å². The van der Waals surface area contributed by atoms with Gasteiger partial charge in [-0.25, -0.2) is 13.8 Å². The van der Waals surface area contributed by atoms with E-state index in [0.717, 1.165) is 6.92 Å². The van der Waals surface area contributed by atoms with E-state index in [9.17, 15) is 31.9 Å². The van der Waals surface area contributed by atoms with Crippen LogP contribution < -0.4 is 0 Å². The molecule has 0 fully saturated rings. The van der Waals surface area contributed by atoms with Crippen molar-refractivity contribution in [1.82, 2.24) is 4.98 Å². The number of benzene rings is 1. The standard InChI is InChI=1S/C16H9F5N2O2S/c1-15(16(19,20)21)3-2-9-12(13(15)25)26-14(23-9)6-4-8(17)11(24)10(18)7(6)5-22/h4,24H,2-3H2,1H3/t15-/m1/s1. The number of nitriles is 1. The van der Waals surface area contributed by atoms with Crippen molar-refractivity contribution in [3.05, 3.63) is 33.8 Å². The first-order valence-corrected chi connectivity index (χ1v) is 8.05. The molecule has 1 aliphatic rings. The molecule has 26 heavy (non-hydrogen) atoms. The summed E-state index contributed by atoms with van der Waals surface area (Å²) in [7, 11) is 0. The van der Waals surface area contributed by atoms with E-state index in [1.165, 1.54) is 6.07 Å². The van der Waals surface area contributed by atoms with E-state index in [0.29, 0.717) is 17.4 Å². The lowest BCUT2D eigenvalue weighted by Gasteiger charge is -2.32. The van der Waals surface area contributed by atoms with Crippen LogP contribution in [0.25, 0.3) is 10.6 Å². The Labute approximate surface area is 147 Å². The second-order valence-corrected chi connectivity index (χ2v) is 7.01. The molecule has 10 heteroatoms. The van der Waals surface area contributed by atoms with Crippen molar-refractivity contribution in [1.29, 1.82) is 5.26 Å². The van der Waals surface area contributed by atoms with Crippen molar-refractivity contribution in [3.63, 3.8) is 0 Å². The molecule has 1 heterocycles. The van der Waals surface area contributed by atoms with Crippen LogP contribution in [-0.4, -0.2) is 22.1 Å². The Morgan fingerprint density at radius 2 is 2.04 bits per heavy atom. The lowest BCUT2D eigenvalue weighted by molar-refractivity contribution is -0.200. The third-order valence-corrected chi connectivity index (χ3v) is 5.56. The quantitative estimate of drug-likeness (QED) is 0.737. The highest BCUT2D eigenvalue weighted by Gasteiger charge is 2.58. The molecule has 0 amide bonds. The van der Waals surface area contributed by atoms with Crippen molar-refractivity contribution >= 4 is 17.1 Å². The molecule has 3 rings (SSSR count). The number of rotatable bonds is 1. The Morgan fingerprint density at radius 1 is 1.38 bits per heavy atom. The van der Waals surface area contributed by atoms with Gasteiger partial charge in [0, 0.05) is 5.56 Å². The molecule has 0 saturated heterocycles. The molecule has 1 aromatic carbocycles. The molecule has 0 saturated carbocycles. The van der Waals surface area contributed by atoms with Crippen LogP contribution in [0.2, 0.25) is 0 Å². The van der Waals surface area contributed by atoms with E-state index < -0.39 is 46.7 Å². The van der Waals surface area contributed by atoms with Crippen molar-refractivity contribution in [3.8, 4) is 22.4 Å². The normalized spacial score (nSPS) is 20.0. The van der Waals surface area contributed by atoms with E-state index in [2.05, 4.69) is 4.98 Å². The Morgan fingerprint density at radius 3 is 2.62 bits per heavy atom. The fourth-order valence-electron chi connectivity index (χ4n) is 2.70. The van der Waals surface area contributed by atoms with Gasteiger partial charge < -0.3 is 5.11 Å². The van der Waals surface area contributed by atoms with Crippen LogP contribution in [0.5, 0.6) is 5.75 Å². The highest BCUT2D eigenvalue weighted by molar-refractivity contribution is 7.17. The predicted molar refractivity (Wildman–Crippen MR) is 80.7 cm³/mol. The summed E-state index contributed by atoms with van der Waals surface area (Å²) in [6, 6.07) is 2.12. The molecule has 0 spiro atoms. The van der Waals surface area contributed by atoms with E-state index in [1.807, 2.05) is 0 Å². The number of halogens is 5. The molecule has 0 aliphatic heterocycles. The lowest BCUT2D eigenvalue weighted by atomic mass is 9.75. The zero-order valence-corrected chi connectivity index (χ0v) is 13.9. The smallest absolute Gasteiger partial charge is 0.401 e. The molecular formula is C16H9F5N2O2S. The number of fused-ring (bicyclic) bond motifs is 1. The van der Waals surface area contributed by atoms with Gasteiger partial charge >= 0.3 is 6.18 Å². The number of nitrogens with zero attached hydrogens (tertiary/aromatic N) is 2. The number of thiazole rings is 1. The Balaban J connectivity index is 2.16. The Bertz CT molecular complexity index is 976. The number of carbonyl (C=O) groups is 1. The van der Waals surface area contributed by atoms with Crippen LogP contribution in [-0.2, 0) is 6.42 Å². The van der Waals surface area contributed by atoms with Crippen LogP contribution in [0.15, 0.2) is 6.07 Å². The summed E-state index contributed by atoms with van der Waals surface area (Å²) in [4.78, 5) is 16.1. The van der Waals surface area contributed by atoms with E-state index in [-0.39, 0.29) is 27.6 Å². The molecule has 136 valence electrons. The molecule has 0 radical (unpaired) electrons. The predicted octanol–water partition coefficient (Wildman–Crippen LogP) is 4.36. The number of hydrogen-bond donors (Lipinski definition) is 1.